The zero-order valence-corrected chi connectivity index (χ0v) is 10.0. The highest BCUT2D eigenvalue weighted by Gasteiger charge is 2.40. The maximum atomic E-state index is 11.8. The standard InChI is InChI=1S/C10H18N4O3/c1-16-9(15)10(4-2-7-17-8-10)12-5-3-6-13-14-11/h12H,2-8H2,1H3. The van der Waals surface area contributed by atoms with Crippen molar-refractivity contribution in [3.05, 3.63) is 10.4 Å². The molecule has 0 aromatic carbocycles. The highest BCUT2D eigenvalue weighted by atomic mass is 16.5. The molecule has 96 valence electrons. The molecule has 1 rings (SSSR count). The number of nitrogens with one attached hydrogen (secondary N) is 1. The lowest BCUT2D eigenvalue weighted by atomic mass is 9.92. The molecule has 1 heterocycles. The van der Waals surface area contributed by atoms with Crippen LogP contribution in [0.25, 0.3) is 10.4 Å². The van der Waals surface area contributed by atoms with Crippen LogP contribution in [-0.2, 0) is 14.3 Å². The molecule has 1 fully saturated rings. The molecule has 1 aliphatic heterocycles. The number of methoxy groups -OCH3 is 1. The van der Waals surface area contributed by atoms with Crippen LogP contribution in [0.1, 0.15) is 19.3 Å². The number of ether oxygens (including phenoxy) is 2. The van der Waals surface area contributed by atoms with Crippen molar-refractivity contribution in [1.29, 1.82) is 0 Å². The van der Waals surface area contributed by atoms with Crippen LogP contribution >= 0.6 is 0 Å². The van der Waals surface area contributed by atoms with Crippen LogP contribution in [0.15, 0.2) is 5.11 Å². The third kappa shape index (κ3) is 3.89. The fourth-order valence-corrected chi connectivity index (χ4v) is 1.88. The molecule has 0 bridgehead atoms. The highest BCUT2D eigenvalue weighted by molar-refractivity contribution is 5.81. The summed E-state index contributed by atoms with van der Waals surface area (Å²) < 4.78 is 10.1. The number of esters is 1. The fourth-order valence-electron chi connectivity index (χ4n) is 1.88. The van der Waals surface area contributed by atoms with Gasteiger partial charge in [0.2, 0.25) is 0 Å². The molecule has 17 heavy (non-hydrogen) atoms. The van der Waals surface area contributed by atoms with Gasteiger partial charge < -0.3 is 9.47 Å². The molecule has 1 atom stereocenters. The molecule has 1 aliphatic rings. The van der Waals surface area contributed by atoms with Gasteiger partial charge in [-0.3, -0.25) is 5.32 Å². The average molecular weight is 242 g/mol. The molecule has 0 aromatic rings. The SMILES string of the molecule is COC(=O)C1(NCCCN=[N+]=[N-])CCCOC1. The first-order valence-electron chi connectivity index (χ1n) is 5.67. The van der Waals surface area contributed by atoms with E-state index in [1.165, 1.54) is 7.11 Å². The van der Waals surface area contributed by atoms with E-state index in [2.05, 4.69) is 15.3 Å². The Morgan fingerprint density at radius 1 is 1.71 bits per heavy atom. The molecule has 0 saturated carbocycles. The Balaban J connectivity index is 2.46. The second-order valence-corrected chi connectivity index (χ2v) is 3.96. The normalized spacial score (nSPS) is 23.8. The molecule has 1 N–H and O–H groups in total. The predicted molar refractivity (Wildman–Crippen MR) is 61.4 cm³/mol. The van der Waals surface area contributed by atoms with E-state index >= 15 is 0 Å². The Bertz CT molecular complexity index is 296. The van der Waals surface area contributed by atoms with E-state index in [4.69, 9.17) is 15.0 Å². The summed E-state index contributed by atoms with van der Waals surface area (Å²) >= 11 is 0. The third-order valence-electron chi connectivity index (χ3n) is 2.78. The van der Waals surface area contributed by atoms with Gasteiger partial charge in [-0.15, -0.1) is 0 Å². The van der Waals surface area contributed by atoms with Crippen molar-refractivity contribution in [3.63, 3.8) is 0 Å². The Labute approximate surface area is 100 Å². The number of rotatable bonds is 6. The Morgan fingerprint density at radius 3 is 3.12 bits per heavy atom. The maximum Gasteiger partial charge on any atom is 0.328 e. The van der Waals surface area contributed by atoms with Gasteiger partial charge in [-0.1, -0.05) is 5.11 Å². The van der Waals surface area contributed by atoms with Crippen molar-refractivity contribution in [3.8, 4) is 0 Å². The molecule has 0 spiro atoms. The van der Waals surface area contributed by atoms with E-state index < -0.39 is 5.54 Å². The van der Waals surface area contributed by atoms with Gasteiger partial charge in [0.1, 0.15) is 5.54 Å². The lowest BCUT2D eigenvalue weighted by Crippen LogP contribution is -2.58. The van der Waals surface area contributed by atoms with Crippen molar-refractivity contribution in [2.24, 2.45) is 5.11 Å². The topological polar surface area (TPSA) is 96.3 Å². The van der Waals surface area contributed by atoms with Gasteiger partial charge in [-0.2, -0.15) is 0 Å². The number of carbonyl (C=O) groups is 1. The van der Waals surface area contributed by atoms with E-state index in [1.807, 2.05) is 0 Å². The van der Waals surface area contributed by atoms with E-state index in [1.54, 1.807) is 0 Å². The van der Waals surface area contributed by atoms with E-state index in [9.17, 15) is 4.79 Å². The molecular formula is C10H18N4O3. The summed E-state index contributed by atoms with van der Waals surface area (Å²) in [5, 5.41) is 6.60. The Kier molecular flexibility index (Phi) is 5.76. The lowest BCUT2D eigenvalue weighted by Gasteiger charge is -2.35. The van der Waals surface area contributed by atoms with Crippen molar-refractivity contribution >= 4 is 5.97 Å². The number of nitrogens with zero attached hydrogens (tertiary/aromatic N) is 3. The van der Waals surface area contributed by atoms with Crippen LogP contribution in [0.2, 0.25) is 0 Å². The van der Waals surface area contributed by atoms with Crippen LogP contribution < -0.4 is 5.32 Å². The average Bonchev–Trinajstić information content (AvgIpc) is 2.38. The molecule has 0 aliphatic carbocycles. The van der Waals surface area contributed by atoms with Crippen LogP contribution in [0.4, 0.5) is 0 Å². The van der Waals surface area contributed by atoms with Gasteiger partial charge in [0.05, 0.1) is 13.7 Å². The molecule has 0 aromatic heterocycles. The summed E-state index contributed by atoms with van der Waals surface area (Å²) in [5.74, 6) is -0.291. The minimum Gasteiger partial charge on any atom is -0.468 e. The van der Waals surface area contributed by atoms with E-state index in [-0.39, 0.29) is 5.97 Å². The molecule has 1 saturated heterocycles. The van der Waals surface area contributed by atoms with Crippen LogP contribution in [0.5, 0.6) is 0 Å². The van der Waals surface area contributed by atoms with Crippen molar-refractivity contribution in [1.82, 2.24) is 5.32 Å². The first-order chi connectivity index (χ1) is 8.25. The highest BCUT2D eigenvalue weighted by Crippen LogP contribution is 2.20. The minimum atomic E-state index is -0.733. The van der Waals surface area contributed by atoms with Crippen LogP contribution in [-0.4, -0.2) is 44.9 Å². The summed E-state index contributed by atoms with van der Waals surface area (Å²) in [6, 6.07) is 0. The quantitative estimate of drug-likeness (QED) is 0.247. The first kappa shape index (κ1) is 13.8. The third-order valence-corrected chi connectivity index (χ3v) is 2.78. The first-order valence-corrected chi connectivity index (χ1v) is 5.67. The van der Waals surface area contributed by atoms with Crippen molar-refractivity contribution < 1.29 is 14.3 Å². The summed E-state index contributed by atoms with van der Waals surface area (Å²) in [4.78, 5) is 14.4. The predicted octanol–water partition coefficient (Wildman–Crippen LogP) is 0.999. The van der Waals surface area contributed by atoms with E-state index in [0.717, 1.165) is 6.42 Å². The monoisotopic (exact) mass is 242 g/mol. The van der Waals surface area contributed by atoms with Crippen molar-refractivity contribution in [2.45, 2.75) is 24.8 Å². The number of hydrogen-bond acceptors (Lipinski definition) is 5. The molecule has 0 amide bonds. The smallest absolute Gasteiger partial charge is 0.328 e. The van der Waals surface area contributed by atoms with E-state index in [0.29, 0.717) is 39.1 Å². The second kappa shape index (κ2) is 7.11. The van der Waals surface area contributed by atoms with Gasteiger partial charge in [0, 0.05) is 18.1 Å². The zero-order valence-electron chi connectivity index (χ0n) is 10.0. The van der Waals surface area contributed by atoms with Crippen LogP contribution in [0, 0.1) is 0 Å². The van der Waals surface area contributed by atoms with Gasteiger partial charge in [0.15, 0.2) is 0 Å². The van der Waals surface area contributed by atoms with Crippen molar-refractivity contribution in [2.75, 3.05) is 33.4 Å². The summed E-state index contributed by atoms with van der Waals surface area (Å²) in [5.41, 5.74) is 7.40. The molecule has 7 heteroatoms. The summed E-state index contributed by atoms with van der Waals surface area (Å²) in [6.45, 7) is 2.03. The molecule has 1 unspecified atom stereocenters. The summed E-state index contributed by atoms with van der Waals surface area (Å²) in [7, 11) is 1.38. The second-order valence-electron chi connectivity index (χ2n) is 3.96. The summed E-state index contributed by atoms with van der Waals surface area (Å²) in [6.07, 6.45) is 2.22. The minimum absolute atomic E-state index is 0.291. The Hall–Kier alpha value is -1.30. The molecule has 7 nitrogen and oxygen atoms in total. The largest absolute Gasteiger partial charge is 0.468 e. The zero-order chi connectivity index (χ0) is 12.6. The van der Waals surface area contributed by atoms with Crippen LogP contribution in [0.3, 0.4) is 0 Å². The molecular weight excluding hydrogens is 224 g/mol. The van der Waals surface area contributed by atoms with Gasteiger partial charge in [0.25, 0.3) is 0 Å². The van der Waals surface area contributed by atoms with Gasteiger partial charge >= 0.3 is 5.97 Å². The lowest BCUT2D eigenvalue weighted by molar-refractivity contribution is -0.154. The fraction of sp³-hybridized carbons (Fsp3) is 0.900. The van der Waals surface area contributed by atoms with Gasteiger partial charge in [-0.25, -0.2) is 4.79 Å². The number of carbonyl (C=O) groups excluding carboxylic acids is 1. The number of hydrogen-bond donors (Lipinski definition) is 1. The molecule has 0 radical (unpaired) electrons. The number of azide groups is 1. The Morgan fingerprint density at radius 2 is 2.53 bits per heavy atom. The van der Waals surface area contributed by atoms with Gasteiger partial charge in [-0.05, 0) is 31.3 Å². The maximum absolute atomic E-state index is 11.8.